The molecular formula is C21H36O3. The molecule has 0 spiro atoms. The molecule has 4 atom stereocenters. The Morgan fingerprint density at radius 2 is 1.88 bits per heavy atom. The van der Waals surface area contributed by atoms with E-state index in [1.165, 1.54) is 44.9 Å². The van der Waals surface area contributed by atoms with Crippen molar-refractivity contribution in [3.8, 4) is 0 Å². The summed E-state index contributed by atoms with van der Waals surface area (Å²) in [7, 11) is 0. The van der Waals surface area contributed by atoms with Crippen LogP contribution in [0.1, 0.15) is 77.6 Å². The molecule has 3 nitrogen and oxygen atoms in total. The highest BCUT2D eigenvalue weighted by atomic mass is 16.5. The topological polar surface area (TPSA) is 46.5 Å². The molecule has 0 aromatic carbocycles. The minimum absolute atomic E-state index is 0.285. The zero-order valence-electron chi connectivity index (χ0n) is 15.4. The Morgan fingerprint density at radius 3 is 2.62 bits per heavy atom. The summed E-state index contributed by atoms with van der Waals surface area (Å²) in [5, 5.41) is 8.66. The highest BCUT2D eigenvalue weighted by Gasteiger charge is 2.46. The van der Waals surface area contributed by atoms with Gasteiger partial charge in [0, 0.05) is 19.6 Å². The number of hydrogen-bond donors (Lipinski definition) is 1. The highest BCUT2D eigenvalue weighted by Crippen LogP contribution is 2.53. The summed E-state index contributed by atoms with van der Waals surface area (Å²) in [6.45, 7) is 4.15. The normalized spacial score (nSPS) is 28.9. The van der Waals surface area contributed by atoms with Gasteiger partial charge in [-0.25, -0.2) is 0 Å². The Balaban J connectivity index is 1.65. The minimum atomic E-state index is -0.687. The number of carboxylic acids is 1. The van der Waals surface area contributed by atoms with Gasteiger partial charge in [-0.2, -0.15) is 0 Å². The number of aliphatic carboxylic acids is 1. The molecule has 2 fully saturated rings. The Hall–Kier alpha value is -0.830. The average Bonchev–Trinajstić information content (AvgIpc) is 3.15. The molecular weight excluding hydrogens is 300 g/mol. The van der Waals surface area contributed by atoms with Gasteiger partial charge in [0.05, 0.1) is 0 Å². The number of fused-ring (bicyclic) bond motifs is 2. The summed E-state index contributed by atoms with van der Waals surface area (Å²) in [6.07, 6.45) is 17.0. The predicted octanol–water partition coefficient (Wildman–Crippen LogP) is 5.45. The van der Waals surface area contributed by atoms with Crippen LogP contribution in [0.5, 0.6) is 0 Å². The van der Waals surface area contributed by atoms with Crippen molar-refractivity contribution in [3.63, 3.8) is 0 Å². The summed E-state index contributed by atoms with van der Waals surface area (Å²) in [5.41, 5.74) is 0. The summed E-state index contributed by atoms with van der Waals surface area (Å²) in [5.74, 6) is 2.68. The van der Waals surface area contributed by atoms with Gasteiger partial charge in [-0.3, -0.25) is 4.79 Å². The van der Waals surface area contributed by atoms with Gasteiger partial charge < -0.3 is 9.84 Å². The van der Waals surface area contributed by atoms with E-state index in [0.717, 1.165) is 56.1 Å². The Kier molecular flexibility index (Phi) is 8.87. The molecule has 0 aromatic rings. The highest BCUT2D eigenvalue weighted by molar-refractivity contribution is 5.66. The molecule has 2 aliphatic rings. The standard InChI is InChI=1S/C21H36O3/c1-2-3-4-9-14-24-16-20-18-13-12-17(15-18)19(20)10-7-5-6-8-11-21(22)23/h5,7,17-20H,2-4,6,8-16H2,1H3,(H,22,23)/t17-,18+,19-,20+/m1/s1. The number of carbonyl (C=O) groups is 1. The molecule has 2 saturated carbocycles. The van der Waals surface area contributed by atoms with Crippen LogP contribution in [0.3, 0.4) is 0 Å². The predicted molar refractivity (Wildman–Crippen MR) is 98.0 cm³/mol. The first-order valence-electron chi connectivity index (χ1n) is 10.2. The zero-order valence-corrected chi connectivity index (χ0v) is 15.4. The average molecular weight is 337 g/mol. The van der Waals surface area contributed by atoms with Gasteiger partial charge in [-0.15, -0.1) is 0 Å². The summed E-state index contributed by atoms with van der Waals surface area (Å²) in [6, 6.07) is 0. The van der Waals surface area contributed by atoms with E-state index in [2.05, 4.69) is 19.1 Å². The van der Waals surface area contributed by atoms with E-state index >= 15 is 0 Å². The van der Waals surface area contributed by atoms with Crippen molar-refractivity contribution in [1.29, 1.82) is 0 Å². The number of hydrogen-bond acceptors (Lipinski definition) is 2. The first-order valence-corrected chi connectivity index (χ1v) is 10.2. The summed E-state index contributed by atoms with van der Waals surface area (Å²) in [4.78, 5) is 10.5. The van der Waals surface area contributed by atoms with E-state index in [-0.39, 0.29) is 6.42 Å². The SMILES string of the molecule is CCCCCCOC[C@H]1[C@H]2CC[C@H](C2)[C@H]1CC=CCCCC(=O)O. The van der Waals surface area contributed by atoms with Crippen LogP contribution in [-0.2, 0) is 9.53 Å². The zero-order chi connectivity index (χ0) is 17.2. The van der Waals surface area contributed by atoms with Gasteiger partial charge in [0.15, 0.2) is 0 Å². The fourth-order valence-electron chi connectivity index (χ4n) is 4.75. The van der Waals surface area contributed by atoms with E-state index in [4.69, 9.17) is 9.84 Å². The lowest BCUT2D eigenvalue weighted by atomic mass is 9.78. The van der Waals surface area contributed by atoms with Crippen LogP contribution in [-0.4, -0.2) is 24.3 Å². The quantitative estimate of drug-likeness (QED) is 0.359. The van der Waals surface area contributed by atoms with E-state index in [1.54, 1.807) is 0 Å². The molecule has 2 aliphatic carbocycles. The van der Waals surface area contributed by atoms with E-state index < -0.39 is 5.97 Å². The Bertz CT molecular complexity index is 391. The maximum Gasteiger partial charge on any atom is 0.303 e. The van der Waals surface area contributed by atoms with Crippen molar-refractivity contribution >= 4 is 5.97 Å². The molecule has 0 saturated heterocycles. The number of rotatable bonds is 13. The molecule has 2 rings (SSSR count). The molecule has 138 valence electrons. The smallest absolute Gasteiger partial charge is 0.303 e. The van der Waals surface area contributed by atoms with Crippen molar-refractivity contribution in [1.82, 2.24) is 0 Å². The molecule has 3 heteroatoms. The molecule has 0 radical (unpaired) electrons. The Labute approximate surface area is 147 Å². The van der Waals surface area contributed by atoms with Crippen LogP contribution in [0.25, 0.3) is 0 Å². The number of unbranched alkanes of at least 4 members (excludes halogenated alkanes) is 4. The first-order chi connectivity index (χ1) is 11.7. The van der Waals surface area contributed by atoms with Gasteiger partial charge in [0.1, 0.15) is 0 Å². The van der Waals surface area contributed by atoms with E-state index in [0.29, 0.717) is 0 Å². The third kappa shape index (κ3) is 6.23. The lowest BCUT2D eigenvalue weighted by molar-refractivity contribution is -0.137. The van der Waals surface area contributed by atoms with Crippen molar-refractivity contribution in [2.45, 2.75) is 77.6 Å². The molecule has 0 aromatic heterocycles. The maximum atomic E-state index is 10.5. The summed E-state index contributed by atoms with van der Waals surface area (Å²) >= 11 is 0. The Morgan fingerprint density at radius 1 is 1.08 bits per heavy atom. The second kappa shape index (κ2) is 10.9. The molecule has 0 heterocycles. The van der Waals surface area contributed by atoms with Gasteiger partial charge in [-0.1, -0.05) is 38.3 Å². The minimum Gasteiger partial charge on any atom is -0.481 e. The van der Waals surface area contributed by atoms with Crippen LogP contribution in [0.2, 0.25) is 0 Å². The second-order valence-corrected chi connectivity index (χ2v) is 7.79. The monoisotopic (exact) mass is 336 g/mol. The van der Waals surface area contributed by atoms with Crippen LogP contribution < -0.4 is 0 Å². The molecule has 0 unspecified atom stereocenters. The maximum absolute atomic E-state index is 10.5. The van der Waals surface area contributed by atoms with Crippen LogP contribution in [0.4, 0.5) is 0 Å². The van der Waals surface area contributed by atoms with Crippen molar-refractivity contribution in [2.75, 3.05) is 13.2 Å². The molecule has 1 N–H and O–H groups in total. The summed E-state index contributed by atoms with van der Waals surface area (Å²) < 4.78 is 6.03. The van der Waals surface area contributed by atoms with Crippen molar-refractivity contribution < 1.29 is 14.6 Å². The fraction of sp³-hybridized carbons (Fsp3) is 0.857. The largest absolute Gasteiger partial charge is 0.481 e. The third-order valence-corrected chi connectivity index (χ3v) is 6.06. The lowest BCUT2D eigenvalue weighted by Crippen LogP contribution is -2.26. The molecule has 24 heavy (non-hydrogen) atoms. The van der Waals surface area contributed by atoms with Crippen LogP contribution in [0.15, 0.2) is 12.2 Å². The van der Waals surface area contributed by atoms with E-state index in [1.807, 2.05) is 0 Å². The van der Waals surface area contributed by atoms with Gasteiger partial charge in [-0.05, 0) is 68.6 Å². The van der Waals surface area contributed by atoms with E-state index in [9.17, 15) is 4.79 Å². The lowest BCUT2D eigenvalue weighted by Gasteiger charge is -2.30. The number of ether oxygens (including phenoxy) is 1. The number of allylic oxidation sites excluding steroid dienone is 2. The number of carboxylic acid groups (broad SMARTS) is 1. The fourth-order valence-corrected chi connectivity index (χ4v) is 4.75. The van der Waals surface area contributed by atoms with Crippen LogP contribution >= 0.6 is 0 Å². The van der Waals surface area contributed by atoms with Gasteiger partial charge in [0.25, 0.3) is 0 Å². The first kappa shape index (κ1) is 19.5. The van der Waals surface area contributed by atoms with Crippen molar-refractivity contribution in [2.24, 2.45) is 23.7 Å². The van der Waals surface area contributed by atoms with Gasteiger partial charge >= 0.3 is 5.97 Å². The molecule has 0 amide bonds. The van der Waals surface area contributed by atoms with Crippen molar-refractivity contribution in [3.05, 3.63) is 12.2 Å². The van der Waals surface area contributed by atoms with Crippen LogP contribution in [0, 0.1) is 23.7 Å². The third-order valence-electron chi connectivity index (χ3n) is 6.06. The molecule has 2 bridgehead atoms. The molecule has 0 aliphatic heterocycles. The van der Waals surface area contributed by atoms with Gasteiger partial charge in [0.2, 0.25) is 0 Å². The second-order valence-electron chi connectivity index (χ2n) is 7.79.